The number of carbonyl (C=O) groups is 2. The molecule has 0 aliphatic carbocycles. The Bertz CT molecular complexity index is 792. The summed E-state index contributed by atoms with van der Waals surface area (Å²) in [5.41, 5.74) is 5.33. The zero-order valence-electron chi connectivity index (χ0n) is 13.3. The van der Waals surface area contributed by atoms with Gasteiger partial charge in [-0.25, -0.2) is 0 Å². The third kappa shape index (κ3) is 3.24. The molecule has 1 aliphatic rings. The monoisotopic (exact) mass is 326 g/mol. The maximum Gasteiger partial charge on any atom is 0.255 e. The SMILES string of the molecule is Cc1cc(C)c(NC(=O)c2ccc3c(c2)NC(=O)CS3)c(C)c1. The van der Waals surface area contributed by atoms with Crippen LogP contribution in [0, 0.1) is 20.8 Å². The Kier molecular flexibility index (Phi) is 4.13. The average molecular weight is 326 g/mol. The summed E-state index contributed by atoms with van der Waals surface area (Å²) in [5, 5.41) is 5.79. The molecule has 0 fully saturated rings. The van der Waals surface area contributed by atoms with Crippen LogP contribution in [0.25, 0.3) is 0 Å². The third-order valence-corrected chi connectivity index (χ3v) is 4.86. The topological polar surface area (TPSA) is 58.2 Å². The minimum absolute atomic E-state index is 0.0368. The number of thioether (sulfide) groups is 1. The van der Waals surface area contributed by atoms with Gasteiger partial charge in [-0.15, -0.1) is 11.8 Å². The molecular formula is C18H18N2O2S. The van der Waals surface area contributed by atoms with Crippen LogP contribution in [0.15, 0.2) is 35.2 Å². The molecular weight excluding hydrogens is 308 g/mol. The summed E-state index contributed by atoms with van der Waals surface area (Å²) < 4.78 is 0. The standard InChI is InChI=1S/C18H18N2O2S/c1-10-6-11(2)17(12(3)7-10)20-18(22)13-4-5-15-14(8-13)19-16(21)9-23-15/h4-8H,9H2,1-3H3,(H,19,21)(H,20,22). The maximum absolute atomic E-state index is 12.5. The largest absolute Gasteiger partial charge is 0.324 e. The van der Waals surface area contributed by atoms with Crippen LogP contribution >= 0.6 is 11.8 Å². The lowest BCUT2D eigenvalue weighted by Crippen LogP contribution is -2.20. The van der Waals surface area contributed by atoms with Crippen LogP contribution in [-0.2, 0) is 4.79 Å². The molecule has 0 unspecified atom stereocenters. The summed E-state index contributed by atoms with van der Waals surface area (Å²) >= 11 is 1.48. The molecule has 0 saturated carbocycles. The number of carbonyl (C=O) groups excluding carboxylic acids is 2. The Morgan fingerprint density at radius 2 is 1.83 bits per heavy atom. The van der Waals surface area contributed by atoms with Crippen molar-refractivity contribution in [1.82, 2.24) is 0 Å². The molecule has 2 aromatic carbocycles. The number of fused-ring (bicyclic) bond motifs is 1. The Labute approximate surface area is 139 Å². The lowest BCUT2D eigenvalue weighted by molar-refractivity contribution is -0.113. The van der Waals surface area contributed by atoms with Crippen LogP contribution in [0.3, 0.4) is 0 Å². The zero-order valence-corrected chi connectivity index (χ0v) is 14.1. The highest BCUT2D eigenvalue weighted by atomic mass is 32.2. The fraction of sp³-hybridized carbons (Fsp3) is 0.222. The van der Waals surface area contributed by atoms with E-state index in [-0.39, 0.29) is 11.8 Å². The Morgan fingerprint density at radius 3 is 2.52 bits per heavy atom. The van der Waals surface area contributed by atoms with Gasteiger partial charge in [-0.05, 0) is 50.1 Å². The second-order valence-corrected chi connectivity index (χ2v) is 6.79. The lowest BCUT2D eigenvalue weighted by Gasteiger charge is -2.17. The van der Waals surface area contributed by atoms with E-state index in [9.17, 15) is 9.59 Å². The van der Waals surface area contributed by atoms with E-state index in [1.54, 1.807) is 12.1 Å². The van der Waals surface area contributed by atoms with Gasteiger partial charge in [-0.2, -0.15) is 0 Å². The number of rotatable bonds is 2. The van der Waals surface area contributed by atoms with Gasteiger partial charge in [0.15, 0.2) is 0 Å². The summed E-state index contributed by atoms with van der Waals surface area (Å²) in [6.07, 6.45) is 0. The predicted molar refractivity (Wildman–Crippen MR) is 94.4 cm³/mol. The van der Waals surface area contributed by atoms with Crippen molar-refractivity contribution < 1.29 is 9.59 Å². The van der Waals surface area contributed by atoms with Crippen molar-refractivity contribution in [3.8, 4) is 0 Å². The van der Waals surface area contributed by atoms with E-state index in [1.807, 2.05) is 39.0 Å². The van der Waals surface area contributed by atoms with E-state index in [2.05, 4.69) is 10.6 Å². The molecule has 3 rings (SSSR count). The number of hydrogen-bond donors (Lipinski definition) is 2. The molecule has 1 aliphatic heterocycles. The first-order valence-corrected chi connectivity index (χ1v) is 8.38. The van der Waals surface area contributed by atoms with Crippen molar-refractivity contribution >= 4 is 35.0 Å². The van der Waals surface area contributed by atoms with E-state index < -0.39 is 0 Å². The number of amides is 2. The number of aryl methyl sites for hydroxylation is 3. The van der Waals surface area contributed by atoms with Crippen LogP contribution in [0.1, 0.15) is 27.0 Å². The van der Waals surface area contributed by atoms with Crippen molar-refractivity contribution in [1.29, 1.82) is 0 Å². The first-order chi connectivity index (χ1) is 10.9. The molecule has 1 heterocycles. The third-order valence-electron chi connectivity index (χ3n) is 3.79. The normalized spacial score (nSPS) is 13.3. The highest BCUT2D eigenvalue weighted by molar-refractivity contribution is 8.00. The molecule has 0 bridgehead atoms. The molecule has 2 amide bonds. The second-order valence-electron chi connectivity index (χ2n) is 5.78. The highest BCUT2D eigenvalue weighted by Crippen LogP contribution is 2.32. The van der Waals surface area contributed by atoms with E-state index in [0.29, 0.717) is 17.0 Å². The summed E-state index contributed by atoms with van der Waals surface area (Å²) in [6.45, 7) is 6.01. The van der Waals surface area contributed by atoms with E-state index in [4.69, 9.17) is 0 Å². The van der Waals surface area contributed by atoms with Gasteiger partial charge in [0.25, 0.3) is 5.91 Å². The molecule has 0 spiro atoms. The van der Waals surface area contributed by atoms with E-state index in [0.717, 1.165) is 21.7 Å². The summed E-state index contributed by atoms with van der Waals surface area (Å²) in [4.78, 5) is 25.0. The first kappa shape index (κ1) is 15.6. The molecule has 0 aromatic heterocycles. The van der Waals surface area contributed by atoms with Crippen molar-refractivity contribution in [3.05, 3.63) is 52.6 Å². The van der Waals surface area contributed by atoms with Gasteiger partial charge in [-0.1, -0.05) is 17.7 Å². The van der Waals surface area contributed by atoms with Gasteiger partial charge in [0, 0.05) is 16.1 Å². The predicted octanol–water partition coefficient (Wildman–Crippen LogP) is 3.91. The van der Waals surface area contributed by atoms with Gasteiger partial charge in [-0.3, -0.25) is 9.59 Å². The van der Waals surface area contributed by atoms with E-state index >= 15 is 0 Å². The quantitative estimate of drug-likeness (QED) is 0.880. The fourth-order valence-electron chi connectivity index (χ4n) is 2.79. The summed E-state index contributed by atoms with van der Waals surface area (Å²) in [5.74, 6) is 0.207. The van der Waals surface area contributed by atoms with Crippen LogP contribution in [0.4, 0.5) is 11.4 Å². The first-order valence-electron chi connectivity index (χ1n) is 7.40. The molecule has 23 heavy (non-hydrogen) atoms. The molecule has 0 saturated heterocycles. The van der Waals surface area contributed by atoms with Crippen LogP contribution in [0.5, 0.6) is 0 Å². The van der Waals surface area contributed by atoms with Gasteiger partial charge >= 0.3 is 0 Å². The molecule has 2 N–H and O–H groups in total. The minimum atomic E-state index is -0.173. The van der Waals surface area contributed by atoms with Gasteiger partial charge < -0.3 is 10.6 Å². The van der Waals surface area contributed by atoms with Crippen molar-refractivity contribution in [2.24, 2.45) is 0 Å². The molecule has 4 nitrogen and oxygen atoms in total. The smallest absolute Gasteiger partial charge is 0.255 e. The van der Waals surface area contributed by atoms with Gasteiger partial charge in [0.1, 0.15) is 0 Å². The van der Waals surface area contributed by atoms with Crippen LogP contribution in [0.2, 0.25) is 0 Å². The number of anilines is 2. The van der Waals surface area contributed by atoms with E-state index in [1.165, 1.54) is 17.3 Å². The molecule has 5 heteroatoms. The summed E-state index contributed by atoms with van der Waals surface area (Å²) in [6, 6.07) is 9.49. The fourth-order valence-corrected chi connectivity index (χ4v) is 3.58. The highest BCUT2D eigenvalue weighted by Gasteiger charge is 2.18. The Balaban J connectivity index is 1.87. The van der Waals surface area contributed by atoms with Gasteiger partial charge in [0.2, 0.25) is 5.91 Å². The maximum atomic E-state index is 12.5. The van der Waals surface area contributed by atoms with Crippen molar-refractivity contribution in [2.75, 3.05) is 16.4 Å². The average Bonchev–Trinajstić information content (AvgIpc) is 2.49. The van der Waals surface area contributed by atoms with Crippen LogP contribution in [-0.4, -0.2) is 17.6 Å². The lowest BCUT2D eigenvalue weighted by atomic mass is 10.0. The second kappa shape index (κ2) is 6.08. The summed E-state index contributed by atoms with van der Waals surface area (Å²) in [7, 11) is 0. The Hall–Kier alpha value is -2.27. The number of benzene rings is 2. The van der Waals surface area contributed by atoms with Gasteiger partial charge in [0.05, 0.1) is 11.4 Å². The number of nitrogens with one attached hydrogen (secondary N) is 2. The molecule has 2 aromatic rings. The molecule has 0 radical (unpaired) electrons. The van der Waals surface area contributed by atoms with Crippen molar-refractivity contribution in [3.63, 3.8) is 0 Å². The zero-order chi connectivity index (χ0) is 16.6. The Morgan fingerprint density at radius 1 is 1.13 bits per heavy atom. The van der Waals surface area contributed by atoms with Crippen LogP contribution < -0.4 is 10.6 Å². The minimum Gasteiger partial charge on any atom is -0.324 e. The van der Waals surface area contributed by atoms with Crippen molar-refractivity contribution in [2.45, 2.75) is 25.7 Å². The molecule has 118 valence electrons. The number of hydrogen-bond acceptors (Lipinski definition) is 3. The molecule has 0 atom stereocenters.